The fourth-order valence-electron chi connectivity index (χ4n) is 0.677. The number of hydrogen-bond acceptors (Lipinski definition) is 0. The summed E-state index contributed by atoms with van der Waals surface area (Å²) >= 11 is 0. The summed E-state index contributed by atoms with van der Waals surface area (Å²) in [5.41, 5.74) is 1.38. The van der Waals surface area contributed by atoms with E-state index in [4.69, 9.17) is 0 Å². The first-order valence-corrected chi connectivity index (χ1v) is 8.11. The van der Waals surface area contributed by atoms with Crippen LogP contribution in [-0.4, -0.2) is 0 Å². The summed E-state index contributed by atoms with van der Waals surface area (Å²) in [6.45, 7) is 24.7. The first-order chi connectivity index (χ1) is 9.68. The van der Waals surface area contributed by atoms with Crippen molar-refractivity contribution >= 4 is 0 Å². The van der Waals surface area contributed by atoms with Gasteiger partial charge < -0.3 is 0 Å². The maximum Gasteiger partial charge on any atom is -0.0442 e. The van der Waals surface area contributed by atoms with Gasteiger partial charge in [0.05, 0.1) is 0 Å². The molecule has 0 aromatic carbocycles. The van der Waals surface area contributed by atoms with Crippen LogP contribution in [-0.2, 0) is 0 Å². The Labute approximate surface area is 132 Å². The highest BCUT2D eigenvalue weighted by molar-refractivity contribution is 4.88. The maximum atomic E-state index is 4.00. The molecular weight excluding hydrogens is 240 g/mol. The SMILES string of the molecule is C#C.C=C.CC.CC.CC=C(C)C.CCCCCCC. The zero-order valence-corrected chi connectivity index (χ0v) is 16.2. The number of hydrogen-bond donors (Lipinski definition) is 0. The highest BCUT2D eigenvalue weighted by Crippen LogP contribution is 2.00. The van der Waals surface area contributed by atoms with Gasteiger partial charge in [-0.05, 0) is 20.8 Å². The van der Waals surface area contributed by atoms with Crippen molar-refractivity contribution in [2.45, 2.75) is 94.4 Å². The lowest BCUT2D eigenvalue weighted by Gasteiger charge is -1.90. The Hall–Kier alpha value is -0.960. The first kappa shape index (κ1) is 36.4. The van der Waals surface area contributed by atoms with Crippen molar-refractivity contribution in [2.24, 2.45) is 0 Å². The van der Waals surface area contributed by atoms with Crippen LogP contribution in [0, 0.1) is 12.8 Å². The van der Waals surface area contributed by atoms with Crippen LogP contribution in [0.3, 0.4) is 0 Å². The predicted molar refractivity (Wildman–Crippen MR) is 103 cm³/mol. The molecule has 0 atom stereocenters. The van der Waals surface area contributed by atoms with Crippen LogP contribution in [0.15, 0.2) is 24.8 Å². The summed E-state index contributed by atoms with van der Waals surface area (Å²) in [5, 5.41) is 0. The van der Waals surface area contributed by atoms with Gasteiger partial charge in [-0.15, -0.1) is 26.0 Å². The molecule has 0 amide bonds. The number of terminal acetylenes is 1. The molecule has 0 rings (SSSR count). The Bertz CT molecular complexity index is 120. The number of allylic oxidation sites excluding steroid dienone is 2. The molecule has 0 aromatic heterocycles. The number of rotatable bonds is 4. The molecule has 0 aliphatic heterocycles. The molecule has 0 heterocycles. The van der Waals surface area contributed by atoms with Crippen molar-refractivity contribution in [3.8, 4) is 12.8 Å². The van der Waals surface area contributed by atoms with E-state index in [2.05, 4.69) is 59.8 Å². The topological polar surface area (TPSA) is 0 Å². The molecule has 0 fully saturated rings. The van der Waals surface area contributed by atoms with Crippen LogP contribution < -0.4 is 0 Å². The van der Waals surface area contributed by atoms with Crippen molar-refractivity contribution in [1.29, 1.82) is 0 Å². The molecule has 20 heavy (non-hydrogen) atoms. The molecule has 0 spiro atoms. The summed E-state index contributed by atoms with van der Waals surface area (Å²) in [6.07, 6.45) is 17.1. The molecule has 0 aliphatic rings. The second kappa shape index (κ2) is 81.0. The molecule has 0 heteroatoms. The molecule has 0 bridgehead atoms. The van der Waals surface area contributed by atoms with Gasteiger partial charge in [0, 0.05) is 0 Å². The Kier molecular flexibility index (Phi) is 148. The largest absolute Gasteiger partial charge is 0.124 e. The van der Waals surface area contributed by atoms with Crippen LogP contribution in [0.2, 0.25) is 0 Å². The van der Waals surface area contributed by atoms with Crippen LogP contribution in [0.25, 0.3) is 0 Å². The van der Waals surface area contributed by atoms with Crippen LogP contribution >= 0.6 is 0 Å². The lowest BCUT2D eigenvalue weighted by molar-refractivity contribution is 0.656. The van der Waals surface area contributed by atoms with E-state index in [1.54, 1.807) is 0 Å². The van der Waals surface area contributed by atoms with Gasteiger partial charge in [-0.25, -0.2) is 0 Å². The van der Waals surface area contributed by atoms with E-state index in [1.165, 1.54) is 37.7 Å². The fraction of sp³-hybridized carbons (Fsp3) is 0.700. The van der Waals surface area contributed by atoms with E-state index in [0.29, 0.717) is 0 Å². The van der Waals surface area contributed by atoms with Crippen LogP contribution in [0.5, 0.6) is 0 Å². The molecule has 0 saturated heterocycles. The van der Waals surface area contributed by atoms with Gasteiger partial charge in [-0.2, -0.15) is 0 Å². The first-order valence-electron chi connectivity index (χ1n) is 8.11. The Balaban J connectivity index is -0.0000000333. The van der Waals surface area contributed by atoms with Gasteiger partial charge in [0.25, 0.3) is 0 Å². The minimum Gasteiger partial charge on any atom is -0.124 e. The zero-order chi connectivity index (χ0) is 17.8. The van der Waals surface area contributed by atoms with Gasteiger partial charge in [0.2, 0.25) is 0 Å². The van der Waals surface area contributed by atoms with E-state index >= 15 is 0 Å². The third kappa shape index (κ3) is 173. The molecule has 0 radical (unpaired) electrons. The lowest BCUT2D eigenvalue weighted by atomic mass is 10.2. The number of unbranched alkanes of at least 4 members (excludes halogenated alkanes) is 4. The summed E-state index contributed by atoms with van der Waals surface area (Å²) < 4.78 is 0. The van der Waals surface area contributed by atoms with Crippen molar-refractivity contribution in [3.05, 3.63) is 24.8 Å². The summed E-state index contributed by atoms with van der Waals surface area (Å²) in [7, 11) is 0. The fourth-order valence-corrected chi connectivity index (χ4v) is 0.677. The lowest BCUT2D eigenvalue weighted by Crippen LogP contribution is -1.70. The molecule has 0 saturated carbocycles. The molecular formula is C20H44. The molecule has 0 unspecified atom stereocenters. The summed E-state index contributed by atoms with van der Waals surface area (Å²) in [5.74, 6) is 0. The molecule has 0 nitrogen and oxygen atoms in total. The van der Waals surface area contributed by atoms with E-state index in [-0.39, 0.29) is 0 Å². The third-order valence-electron chi connectivity index (χ3n) is 1.78. The Morgan fingerprint density at radius 3 is 1.10 bits per heavy atom. The normalized spacial score (nSPS) is 5.95. The average Bonchev–Trinajstić information content (AvgIpc) is 2.56. The van der Waals surface area contributed by atoms with E-state index in [1.807, 2.05) is 34.6 Å². The zero-order valence-electron chi connectivity index (χ0n) is 16.2. The summed E-state index contributed by atoms with van der Waals surface area (Å²) in [4.78, 5) is 0. The highest BCUT2D eigenvalue weighted by Gasteiger charge is 1.80. The quantitative estimate of drug-likeness (QED) is 0.278. The molecule has 0 N–H and O–H groups in total. The smallest absolute Gasteiger partial charge is 0.0442 e. The van der Waals surface area contributed by atoms with Crippen LogP contribution in [0.4, 0.5) is 0 Å². The standard InChI is InChI=1S/C7H16.C5H10.2C2H6.C2H4.C2H2/c1-3-5-7-6-4-2;1-4-5(2)3;4*1-2/h3-7H2,1-2H3;4H,1-3H3;2*1-2H3;1-2H2;1-2H. The second-order valence-electron chi connectivity index (χ2n) is 3.43. The summed E-state index contributed by atoms with van der Waals surface area (Å²) in [6, 6.07) is 0. The van der Waals surface area contributed by atoms with Gasteiger partial charge in [0.1, 0.15) is 0 Å². The predicted octanol–water partition coefficient (Wildman–Crippen LogP) is 8.05. The minimum absolute atomic E-state index is 1.36. The highest BCUT2D eigenvalue weighted by atomic mass is 13.9. The van der Waals surface area contributed by atoms with Crippen LogP contribution in [0.1, 0.15) is 94.4 Å². The van der Waals surface area contributed by atoms with Gasteiger partial charge in [-0.1, -0.05) is 85.3 Å². The van der Waals surface area contributed by atoms with E-state index in [9.17, 15) is 0 Å². The third-order valence-corrected chi connectivity index (χ3v) is 1.78. The van der Waals surface area contributed by atoms with Gasteiger partial charge in [0.15, 0.2) is 0 Å². The molecule has 0 aromatic rings. The van der Waals surface area contributed by atoms with Crippen molar-refractivity contribution in [2.75, 3.05) is 0 Å². The van der Waals surface area contributed by atoms with E-state index in [0.717, 1.165) is 0 Å². The minimum atomic E-state index is 1.36. The average molecular weight is 285 g/mol. The second-order valence-corrected chi connectivity index (χ2v) is 3.43. The maximum absolute atomic E-state index is 4.00. The Morgan fingerprint density at radius 2 is 1.00 bits per heavy atom. The van der Waals surface area contributed by atoms with E-state index < -0.39 is 0 Å². The molecule has 124 valence electrons. The Morgan fingerprint density at radius 1 is 0.800 bits per heavy atom. The van der Waals surface area contributed by atoms with Crippen molar-refractivity contribution in [3.63, 3.8) is 0 Å². The monoisotopic (exact) mass is 284 g/mol. The van der Waals surface area contributed by atoms with Gasteiger partial charge >= 0.3 is 0 Å². The van der Waals surface area contributed by atoms with Crippen molar-refractivity contribution < 1.29 is 0 Å². The van der Waals surface area contributed by atoms with Crippen molar-refractivity contribution in [1.82, 2.24) is 0 Å². The van der Waals surface area contributed by atoms with Gasteiger partial charge in [-0.3, -0.25) is 0 Å². The molecule has 0 aliphatic carbocycles.